The average Bonchev–Trinajstić information content (AvgIpc) is 2.49. The van der Waals surface area contributed by atoms with Gasteiger partial charge in [0.05, 0.1) is 6.10 Å². The highest BCUT2D eigenvalue weighted by Gasteiger charge is 1.96. The summed E-state index contributed by atoms with van der Waals surface area (Å²) in [5, 5.41) is 10.8. The largest absolute Gasteiger partial charge is 0.389 e. The van der Waals surface area contributed by atoms with E-state index in [1.54, 1.807) is 0 Å². The van der Waals surface area contributed by atoms with Gasteiger partial charge in [-0.2, -0.15) is 0 Å². The fourth-order valence-electron chi connectivity index (χ4n) is 2.53. The second-order valence-electron chi connectivity index (χ2n) is 6.15. The first kappa shape index (κ1) is 21.2. The Balaban J connectivity index is 3.13. The predicted octanol–water partition coefficient (Wildman–Crippen LogP) is 6.78. The fourth-order valence-corrected chi connectivity index (χ4v) is 2.93. The summed E-state index contributed by atoms with van der Waals surface area (Å²) in [4.78, 5) is 0. The molecule has 0 radical (unpaired) electrons. The van der Waals surface area contributed by atoms with E-state index in [4.69, 9.17) is 0 Å². The van der Waals surface area contributed by atoms with Crippen molar-refractivity contribution in [2.45, 2.75) is 103 Å². The lowest BCUT2D eigenvalue weighted by Gasteiger charge is -2.03. The highest BCUT2D eigenvalue weighted by Crippen LogP contribution is 2.12. The summed E-state index contributed by atoms with van der Waals surface area (Å²) < 4.78 is 0. The SMILES string of the molecule is CCCC[C@H](O)C=CCCCCCCCCCCCCBr. The summed E-state index contributed by atoms with van der Waals surface area (Å²) in [6.07, 6.45) is 22.1. The summed E-state index contributed by atoms with van der Waals surface area (Å²) in [6.45, 7) is 2.17. The minimum atomic E-state index is -0.213. The van der Waals surface area contributed by atoms with Gasteiger partial charge in [-0.3, -0.25) is 0 Å². The molecular formula is C19H37BrO. The van der Waals surface area contributed by atoms with Gasteiger partial charge in [0.2, 0.25) is 0 Å². The molecule has 1 nitrogen and oxygen atoms in total. The molecule has 21 heavy (non-hydrogen) atoms. The van der Waals surface area contributed by atoms with Crippen LogP contribution in [0.15, 0.2) is 12.2 Å². The van der Waals surface area contributed by atoms with Crippen molar-refractivity contribution in [2.24, 2.45) is 0 Å². The number of aliphatic hydroxyl groups excluding tert-OH is 1. The van der Waals surface area contributed by atoms with Gasteiger partial charge in [-0.25, -0.2) is 0 Å². The Morgan fingerprint density at radius 2 is 1.33 bits per heavy atom. The Morgan fingerprint density at radius 3 is 1.86 bits per heavy atom. The van der Waals surface area contributed by atoms with E-state index in [1.165, 1.54) is 70.6 Å². The second kappa shape index (κ2) is 18.2. The molecule has 0 saturated carbocycles. The first-order valence-corrected chi connectivity index (χ1v) is 10.3. The van der Waals surface area contributed by atoms with Crippen LogP contribution < -0.4 is 0 Å². The molecule has 126 valence electrons. The average molecular weight is 361 g/mol. The molecule has 0 aliphatic rings. The van der Waals surface area contributed by atoms with Crippen LogP contribution in [-0.4, -0.2) is 16.5 Å². The third kappa shape index (κ3) is 18.1. The molecule has 0 aliphatic heterocycles. The molecule has 0 rings (SSSR count). The number of halogens is 1. The Hall–Kier alpha value is 0.180. The normalized spacial score (nSPS) is 13.1. The molecule has 0 amide bonds. The number of aliphatic hydroxyl groups is 1. The predicted molar refractivity (Wildman–Crippen MR) is 99.3 cm³/mol. The maximum Gasteiger partial charge on any atom is 0.0720 e. The van der Waals surface area contributed by atoms with Crippen LogP contribution in [-0.2, 0) is 0 Å². The molecule has 0 fully saturated rings. The fraction of sp³-hybridized carbons (Fsp3) is 0.895. The molecular weight excluding hydrogens is 324 g/mol. The van der Waals surface area contributed by atoms with E-state index in [0.29, 0.717) is 0 Å². The van der Waals surface area contributed by atoms with Gasteiger partial charge in [0, 0.05) is 5.33 Å². The van der Waals surface area contributed by atoms with Crippen molar-refractivity contribution in [2.75, 3.05) is 5.33 Å². The zero-order valence-corrected chi connectivity index (χ0v) is 15.7. The summed E-state index contributed by atoms with van der Waals surface area (Å²) in [5.41, 5.74) is 0. The van der Waals surface area contributed by atoms with Gasteiger partial charge < -0.3 is 5.11 Å². The van der Waals surface area contributed by atoms with Crippen molar-refractivity contribution in [3.8, 4) is 0 Å². The maximum atomic E-state index is 9.67. The lowest BCUT2D eigenvalue weighted by atomic mass is 10.1. The second-order valence-corrected chi connectivity index (χ2v) is 6.94. The van der Waals surface area contributed by atoms with Crippen LogP contribution in [0.3, 0.4) is 0 Å². The van der Waals surface area contributed by atoms with Crippen LogP contribution in [0.1, 0.15) is 96.8 Å². The highest BCUT2D eigenvalue weighted by atomic mass is 79.9. The Bertz CT molecular complexity index is 216. The molecule has 0 unspecified atom stereocenters. The van der Waals surface area contributed by atoms with E-state index in [2.05, 4.69) is 28.9 Å². The smallest absolute Gasteiger partial charge is 0.0720 e. The van der Waals surface area contributed by atoms with Gasteiger partial charge in [-0.15, -0.1) is 0 Å². The minimum Gasteiger partial charge on any atom is -0.389 e. The van der Waals surface area contributed by atoms with E-state index in [-0.39, 0.29) is 6.10 Å². The summed E-state index contributed by atoms with van der Waals surface area (Å²) in [5.74, 6) is 0. The Morgan fingerprint density at radius 1 is 0.810 bits per heavy atom. The third-order valence-electron chi connectivity index (χ3n) is 3.97. The lowest BCUT2D eigenvalue weighted by Crippen LogP contribution is -2.00. The standard InChI is InChI=1S/C19H37BrO/c1-2-3-16-19(21)17-14-12-10-8-6-4-5-7-9-11-13-15-18-20/h14,17,19,21H,2-13,15-16,18H2,1H3/t19-/m0/s1. The first-order chi connectivity index (χ1) is 10.3. The van der Waals surface area contributed by atoms with E-state index < -0.39 is 0 Å². The molecule has 0 aromatic heterocycles. The number of hydrogen-bond donors (Lipinski definition) is 1. The van der Waals surface area contributed by atoms with Crippen LogP contribution in [0.5, 0.6) is 0 Å². The first-order valence-electron chi connectivity index (χ1n) is 9.22. The van der Waals surface area contributed by atoms with Crippen molar-refractivity contribution >= 4 is 15.9 Å². The van der Waals surface area contributed by atoms with Gasteiger partial charge in [0.15, 0.2) is 0 Å². The van der Waals surface area contributed by atoms with Gasteiger partial charge in [0.25, 0.3) is 0 Å². The lowest BCUT2D eigenvalue weighted by molar-refractivity contribution is 0.209. The zero-order valence-electron chi connectivity index (χ0n) is 14.2. The van der Waals surface area contributed by atoms with Crippen molar-refractivity contribution < 1.29 is 5.11 Å². The molecule has 1 atom stereocenters. The molecule has 0 spiro atoms. The number of unbranched alkanes of at least 4 members (excludes halogenated alkanes) is 11. The molecule has 2 heteroatoms. The van der Waals surface area contributed by atoms with E-state index in [1.807, 2.05) is 6.08 Å². The molecule has 0 aliphatic carbocycles. The minimum absolute atomic E-state index is 0.213. The number of rotatable bonds is 16. The van der Waals surface area contributed by atoms with Crippen LogP contribution in [0.25, 0.3) is 0 Å². The van der Waals surface area contributed by atoms with Gasteiger partial charge in [-0.1, -0.05) is 99.2 Å². The van der Waals surface area contributed by atoms with Crippen molar-refractivity contribution in [3.05, 3.63) is 12.2 Å². The van der Waals surface area contributed by atoms with Crippen LogP contribution in [0.4, 0.5) is 0 Å². The van der Waals surface area contributed by atoms with Crippen LogP contribution >= 0.6 is 15.9 Å². The molecule has 0 bridgehead atoms. The summed E-state index contributed by atoms with van der Waals surface area (Å²) in [6, 6.07) is 0. The topological polar surface area (TPSA) is 20.2 Å². The summed E-state index contributed by atoms with van der Waals surface area (Å²) >= 11 is 3.48. The van der Waals surface area contributed by atoms with Gasteiger partial charge in [0.1, 0.15) is 0 Å². The number of hydrogen-bond acceptors (Lipinski definition) is 1. The van der Waals surface area contributed by atoms with Crippen LogP contribution in [0.2, 0.25) is 0 Å². The van der Waals surface area contributed by atoms with Crippen molar-refractivity contribution in [1.82, 2.24) is 0 Å². The van der Waals surface area contributed by atoms with E-state index >= 15 is 0 Å². The van der Waals surface area contributed by atoms with E-state index in [9.17, 15) is 5.11 Å². The zero-order chi connectivity index (χ0) is 15.6. The van der Waals surface area contributed by atoms with Crippen molar-refractivity contribution in [3.63, 3.8) is 0 Å². The third-order valence-corrected chi connectivity index (χ3v) is 4.53. The maximum absolute atomic E-state index is 9.67. The molecule has 0 heterocycles. The van der Waals surface area contributed by atoms with Gasteiger partial charge in [-0.05, 0) is 25.7 Å². The number of allylic oxidation sites excluding steroid dienone is 1. The highest BCUT2D eigenvalue weighted by molar-refractivity contribution is 9.09. The quantitative estimate of drug-likeness (QED) is 0.182. The Kier molecular flexibility index (Phi) is 18.4. The summed E-state index contributed by atoms with van der Waals surface area (Å²) in [7, 11) is 0. The van der Waals surface area contributed by atoms with Gasteiger partial charge >= 0.3 is 0 Å². The number of alkyl halides is 1. The monoisotopic (exact) mass is 360 g/mol. The van der Waals surface area contributed by atoms with Crippen LogP contribution in [0, 0.1) is 0 Å². The molecule has 1 N–H and O–H groups in total. The van der Waals surface area contributed by atoms with E-state index in [0.717, 1.165) is 24.6 Å². The Labute approximate surface area is 141 Å². The van der Waals surface area contributed by atoms with Crippen molar-refractivity contribution in [1.29, 1.82) is 0 Å². The molecule has 0 saturated heterocycles. The molecule has 0 aromatic rings. The molecule has 0 aromatic carbocycles.